The largest absolute Gasteiger partial charge is 0.493 e. The molecule has 0 fully saturated rings. The highest BCUT2D eigenvalue weighted by atomic mass is 16.5. The van der Waals surface area contributed by atoms with Gasteiger partial charge < -0.3 is 38.9 Å². The maximum atomic E-state index is 12.0. The van der Waals surface area contributed by atoms with Crippen LogP contribution in [0.5, 0.6) is 23.0 Å². The molecule has 8 bridgehead atoms. The lowest BCUT2D eigenvalue weighted by atomic mass is 10.0. The minimum absolute atomic E-state index is 0.187. The molecule has 7 aromatic rings. The summed E-state index contributed by atoms with van der Waals surface area (Å²) in [6, 6.07) is 35.6. The Balaban J connectivity index is 1.33. The molecule has 2 aliphatic heterocycles. The van der Waals surface area contributed by atoms with Crippen LogP contribution in [-0.2, 0) is 0 Å². The molecule has 492 valence electrons. The molecular formula is C83H99N5O6. The molecule has 2 aliphatic rings. The molecule has 5 heterocycles. The Morgan fingerprint density at radius 3 is 1.04 bits per heavy atom. The van der Waals surface area contributed by atoms with Crippen molar-refractivity contribution in [2.45, 2.75) is 182 Å². The minimum Gasteiger partial charge on any atom is -0.493 e. The van der Waals surface area contributed by atoms with Crippen molar-refractivity contribution in [3.8, 4) is 68.9 Å². The maximum absolute atomic E-state index is 12.0. The fraction of sp³-hybridized carbons (Fsp3) is 0.410. The van der Waals surface area contributed by atoms with Crippen LogP contribution in [0.1, 0.15) is 237 Å². The number of anilines is 1. The van der Waals surface area contributed by atoms with E-state index in [4.69, 9.17) is 28.9 Å². The standard InChI is InChI=1S/C83H99N5O6/c1-7-11-15-19-23-27-57-91-75-33-31-34-76(92-58-28-24-20-16-12-8-2)81(75)79-71-53-49-67(84-71)65(47-41-61-37-43-63(44-38-61)83(89)90)68-50-54-72(85-68)80(82-77(93-59-29-25-21-17-13-9-3)35-32-36-78(82)94-60-30-26-22-18-14-10-4)74-56-52-70(87-74)66(69-51-55-73(79)86-69)48-42-62-39-45-64(46-40-62)88(5)6/h31-40,43-46,49-56,84,87H,7-30,57-60H2,1-6H3,(H,89,90). The average Bonchev–Trinajstić information content (AvgIpc) is 1.70. The Labute approximate surface area is 559 Å². The summed E-state index contributed by atoms with van der Waals surface area (Å²) < 4.78 is 27.7. The van der Waals surface area contributed by atoms with Crippen molar-refractivity contribution in [3.63, 3.8) is 0 Å². The summed E-state index contributed by atoms with van der Waals surface area (Å²) in [5, 5.41) is 9.83. The fourth-order valence-electron chi connectivity index (χ4n) is 12.1. The van der Waals surface area contributed by atoms with Gasteiger partial charge in [0.15, 0.2) is 0 Å². The third kappa shape index (κ3) is 19.6. The molecule has 0 unspecified atom stereocenters. The molecule has 0 amide bonds. The van der Waals surface area contributed by atoms with Crippen molar-refractivity contribution in [1.82, 2.24) is 19.9 Å². The van der Waals surface area contributed by atoms with Gasteiger partial charge in [0.1, 0.15) is 23.0 Å². The number of hydrogen-bond acceptors (Lipinski definition) is 8. The van der Waals surface area contributed by atoms with E-state index in [1.165, 1.54) is 103 Å². The number of aromatic carboxylic acids is 1. The number of aromatic nitrogens is 4. The van der Waals surface area contributed by atoms with Crippen molar-refractivity contribution in [2.24, 2.45) is 0 Å². The molecule has 0 saturated carbocycles. The summed E-state index contributed by atoms with van der Waals surface area (Å²) in [5.74, 6) is 16.0. The number of carboxylic acid groups (broad SMARTS) is 1. The van der Waals surface area contributed by atoms with Gasteiger partial charge in [0, 0.05) is 53.1 Å². The Morgan fingerprint density at radius 2 is 0.702 bits per heavy atom. The van der Waals surface area contributed by atoms with Crippen LogP contribution in [0.15, 0.2) is 109 Å². The Kier molecular flexibility index (Phi) is 27.4. The number of unbranched alkanes of at least 4 members (excludes halogenated alkanes) is 20. The Hall–Kier alpha value is -8.93. The van der Waals surface area contributed by atoms with Crippen molar-refractivity contribution < 1.29 is 28.8 Å². The number of carboxylic acids is 1. The molecule has 3 N–H and O–H groups in total. The second-order valence-corrected chi connectivity index (χ2v) is 25.0. The third-order valence-electron chi connectivity index (χ3n) is 17.4. The van der Waals surface area contributed by atoms with E-state index < -0.39 is 5.97 Å². The van der Waals surface area contributed by atoms with Gasteiger partial charge in [-0.15, -0.1) is 0 Å². The van der Waals surface area contributed by atoms with Crippen molar-refractivity contribution in [3.05, 3.63) is 160 Å². The number of aromatic amines is 2. The molecule has 94 heavy (non-hydrogen) atoms. The van der Waals surface area contributed by atoms with E-state index in [1.807, 2.05) is 32.3 Å². The zero-order valence-electron chi connectivity index (χ0n) is 56.8. The molecule has 0 spiro atoms. The monoisotopic (exact) mass is 1260 g/mol. The van der Waals surface area contributed by atoms with E-state index in [2.05, 4.69) is 157 Å². The van der Waals surface area contributed by atoms with Gasteiger partial charge >= 0.3 is 5.97 Å². The Morgan fingerprint density at radius 1 is 0.383 bits per heavy atom. The van der Waals surface area contributed by atoms with Crippen LogP contribution in [-0.4, -0.2) is 71.5 Å². The van der Waals surface area contributed by atoms with Crippen LogP contribution >= 0.6 is 0 Å². The topological polar surface area (TPSA) is 135 Å². The highest BCUT2D eigenvalue weighted by Gasteiger charge is 2.25. The van der Waals surface area contributed by atoms with Crippen molar-refractivity contribution >= 4 is 58.0 Å². The third-order valence-corrected chi connectivity index (χ3v) is 17.4. The number of carbonyl (C=O) groups is 1. The predicted molar refractivity (Wildman–Crippen MR) is 391 cm³/mol. The lowest BCUT2D eigenvalue weighted by Crippen LogP contribution is -2.07. The van der Waals surface area contributed by atoms with Gasteiger partial charge in [0.2, 0.25) is 0 Å². The summed E-state index contributed by atoms with van der Waals surface area (Å²) >= 11 is 0. The molecule has 11 nitrogen and oxygen atoms in total. The minimum atomic E-state index is -0.998. The molecule has 4 aromatic carbocycles. The zero-order chi connectivity index (χ0) is 65.7. The van der Waals surface area contributed by atoms with Gasteiger partial charge in [-0.25, -0.2) is 14.8 Å². The van der Waals surface area contributed by atoms with E-state index in [0.717, 1.165) is 107 Å². The summed E-state index contributed by atoms with van der Waals surface area (Å²) in [6.07, 6.45) is 35.6. The van der Waals surface area contributed by atoms with E-state index in [-0.39, 0.29) is 5.56 Å². The number of fused-ring (bicyclic) bond motifs is 8. The molecule has 3 aromatic heterocycles. The highest BCUT2D eigenvalue weighted by molar-refractivity contribution is 5.99. The van der Waals surface area contributed by atoms with Crippen LogP contribution in [0.2, 0.25) is 0 Å². The summed E-state index contributed by atoms with van der Waals surface area (Å²) in [5.41, 5.74) is 13.1. The zero-order valence-corrected chi connectivity index (χ0v) is 56.8. The second kappa shape index (κ2) is 37.1. The van der Waals surface area contributed by atoms with Crippen molar-refractivity contribution in [1.29, 1.82) is 0 Å². The molecule has 0 aliphatic carbocycles. The molecule has 11 heteroatoms. The van der Waals surface area contributed by atoms with Crippen LogP contribution < -0.4 is 23.8 Å². The summed E-state index contributed by atoms with van der Waals surface area (Å²) in [4.78, 5) is 33.2. The van der Waals surface area contributed by atoms with Crippen molar-refractivity contribution in [2.75, 3.05) is 45.4 Å². The molecule has 0 saturated heterocycles. The van der Waals surface area contributed by atoms with Gasteiger partial charge in [-0.2, -0.15) is 0 Å². The fourth-order valence-corrected chi connectivity index (χ4v) is 12.1. The Bertz CT molecular complexity index is 3800. The average molecular weight is 1260 g/mol. The number of nitrogens with zero attached hydrogens (tertiary/aromatic N) is 3. The van der Waals surface area contributed by atoms with E-state index in [1.54, 1.807) is 24.3 Å². The first-order valence-corrected chi connectivity index (χ1v) is 35.3. The van der Waals surface area contributed by atoms with Gasteiger partial charge in [-0.3, -0.25) is 0 Å². The van der Waals surface area contributed by atoms with Gasteiger partial charge in [0.05, 0.1) is 88.1 Å². The van der Waals surface area contributed by atoms with E-state index in [0.29, 0.717) is 88.9 Å². The number of nitrogens with one attached hydrogen (secondary N) is 2. The van der Waals surface area contributed by atoms with Crippen LogP contribution in [0.3, 0.4) is 0 Å². The van der Waals surface area contributed by atoms with Gasteiger partial charge in [0.25, 0.3) is 0 Å². The first-order chi connectivity index (χ1) is 46.2. The quantitative estimate of drug-likeness (QED) is 0.0259. The summed E-state index contributed by atoms with van der Waals surface area (Å²) in [6.45, 7) is 11.2. The SMILES string of the molecule is CCCCCCCCOc1cccc(OCCCCCCCC)c1-c1c2nc(c(C#Cc3ccc(N(C)C)cc3)c3ccc([nH]3)c(-c3c(OCCCCCCCC)cccc3OCCCCCCCC)c3nc(c(C#Cc4ccc(C(=O)O)cc4)c4ccc1[nH]4)C=C3)C=C2. The molecule has 0 radical (unpaired) electrons. The number of benzene rings is 4. The predicted octanol–water partition coefficient (Wildman–Crippen LogP) is 21.5. The lowest BCUT2D eigenvalue weighted by molar-refractivity contribution is 0.0696. The first-order valence-electron chi connectivity index (χ1n) is 35.3. The lowest BCUT2D eigenvalue weighted by Gasteiger charge is -2.18. The highest BCUT2D eigenvalue weighted by Crippen LogP contribution is 2.46. The number of ether oxygens (including phenoxy) is 4. The van der Waals surface area contributed by atoms with Crippen LogP contribution in [0.25, 0.3) is 68.6 Å². The van der Waals surface area contributed by atoms with Gasteiger partial charge in [-0.1, -0.05) is 192 Å². The number of hydrogen-bond donors (Lipinski definition) is 3. The summed E-state index contributed by atoms with van der Waals surface area (Å²) in [7, 11) is 4.08. The first kappa shape index (κ1) is 69.4. The van der Waals surface area contributed by atoms with E-state index >= 15 is 0 Å². The number of rotatable bonds is 36. The normalized spacial score (nSPS) is 11.5. The molecule has 9 rings (SSSR count). The van der Waals surface area contributed by atoms with E-state index in [9.17, 15) is 9.90 Å². The molecular weight excluding hydrogens is 1160 g/mol. The smallest absolute Gasteiger partial charge is 0.335 e. The second-order valence-electron chi connectivity index (χ2n) is 25.0. The molecule has 0 atom stereocenters. The van der Waals surface area contributed by atoms with Crippen LogP contribution in [0.4, 0.5) is 5.69 Å². The maximum Gasteiger partial charge on any atom is 0.335 e. The van der Waals surface area contributed by atoms with Crippen LogP contribution in [0, 0.1) is 23.7 Å². The number of H-pyrrole nitrogens is 2. The van der Waals surface area contributed by atoms with Gasteiger partial charge in [-0.05, 0) is 147 Å².